The van der Waals surface area contributed by atoms with Gasteiger partial charge in [0.05, 0.1) is 33.8 Å². The molecule has 0 aromatic heterocycles. The molecule has 3 unspecified atom stereocenters. The molecule has 3 atom stereocenters. The average molecular weight is 1150 g/mol. The predicted molar refractivity (Wildman–Crippen MR) is 351 cm³/mol. The molecule has 0 spiro atoms. The first kappa shape index (κ1) is 78.2. The maximum atomic E-state index is 13.6. The van der Waals surface area contributed by atoms with E-state index in [2.05, 4.69) is 99.0 Å². The van der Waals surface area contributed by atoms with Crippen LogP contribution in [0.3, 0.4) is 0 Å². The molecule has 0 saturated heterocycles. The molecule has 0 fully saturated rings. The molecule has 10 heteroatoms. The van der Waals surface area contributed by atoms with Crippen LogP contribution >= 0.6 is 7.82 Å². The number of nitrogens with one attached hydrogen (secondary N) is 1. The molecule has 0 aliphatic carbocycles. The van der Waals surface area contributed by atoms with Gasteiger partial charge in [-0.3, -0.25) is 18.6 Å². The zero-order chi connectivity index (χ0) is 59.3. The molecule has 0 aromatic carbocycles. The summed E-state index contributed by atoms with van der Waals surface area (Å²) in [4.78, 5) is 37.8. The van der Waals surface area contributed by atoms with E-state index < -0.39 is 20.0 Å². The van der Waals surface area contributed by atoms with E-state index in [9.17, 15) is 19.0 Å². The lowest BCUT2D eigenvalue weighted by Crippen LogP contribution is -2.47. The van der Waals surface area contributed by atoms with Crippen molar-refractivity contribution in [1.82, 2.24) is 5.32 Å². The number of phosphoric ester groups is 1. The molecule has 0 bridgehead atoms. The van der Waals surface area contributed by atoms with Gasteiger partial charge >= 0.3 is 13.8 Å². The molecule has 0 aromatic rings. The maximum Gasteiger partial charge on any atom is 0.472 e. The highest BCUT2D eigenvalue weighted by atomic mass is 31.2. The first-order valence-electron chi connectivity index (χ1n) is 33.9. The number of hydrogen-bond donors (Lipinski definition) is 2. The van der Waals surface area contributed by atoms with Crippen molar-refractivity contribution in [1.29, 1.82) is 0 Å². The Morgan fingerprint density at radius 2 is 0.753 bits per heavy atom. The number of amides is 1. The Kier molecular flexibility index (Phi) is 58.2. The monoisotopic (exact) mass is 1150 g/mol. The number of carbonyl (C=O) groups excluding carboxylic acids is 2. The van der Waals surface area contributed by atoms with E-state index >= 15 is 0 Å². The summed E-state index contributed by atoms with van der Waals surface area (Å²) in [5.41, 5.74) is 0. The molecular weight excluding hydrogens is 1020 g/mol. The van der Waals surface area contributed by atoms with Crippen LogP contribution in [0.2, 0.25) is 0 Å². The summed E-state index contributed by atoms with van der Waals surface area (Å²) in [7, 11) is 1.48. The van der Waals surface area contributed by atoms with E-state index in [0.29, 0.717) is 23.9 Å². The van der Waals surface area contributed by atoms with E-state index in [0.717, 1.165) is 96.3 Å². The minimum Gasteiger partial charge on any atom is -0.456 e. The summed E-state index contributed by atoms with van der Waals surface area (Å²) in [5, 5.41) is 3.06. The number of quaternary nitrogens is 1. The lowest BCUT2D eigenvalue weighted by molar-refractivity contribution is -0.870. The summed E-state index contributed by atoms with van der Waals surface area (Å²) in [6.07, 6.45) is 80.1. The summed E-state index contributed by atoms with van der Waals surface area (Å²) in [6, 6.07) is -0.861. The van der Waals surface area contributed by atoms with Crippen LogP contribution in [-0.4, -0.2) is 74.3 Å². The van der Waals surface area contributed by atoms with Gasteiger partial charge in [0.1, 0.15) is 19.3 Å². The lowest BCUT2D eigenvalue weighted by atomic mass is 10.0. The van der Waals surface area contributed by atoms with Crippen LogP contribution in [-0.2, 0) is 27.9 Å². The maximum absolute atomic E-state index is 13.6. The molecule has 81 heavy (non-hydrogen) atoms. The molecule has 0 aliphatic heterocycles. The number of rotatable bonds is 61. The Balaban J connectivity index is 5.13. The topological polar surface area (TPSA) is 111 Å². The summed E-state index contributed by atoms with van der Waals surface area (Å²) < 4.78 is 30.7. The average Bonchev–Trinajstić information content (AvgIpc) is 3.43. The number of likely N-dealkylation sites (N-methyl/N-ethyl adjacent to an activating group) is 1. The zero-order valence-electron chi connectivity index (χ0n) is 53.8. The highest BCUT2D eigenvalue weighted by Crippen LogP contribution is 2.43. The molecule has 0 rings (SSSR count). The SMILES string of the molecule is CCCCC/C=C\C/C=C\C/C=C\C/C=C\CCCCCCCC(=O)OC(/C=C/CCCCCCCCCCC)C(COP(=O)(O)OCC[N+](C)(C)C)NC(=O)CCCCCCCCCCCCCCC/C=C\C/C=C\CCCCC. The van der Waals surface area contributed by atoms with Crippen LogP contribution in [0.25, 0.3) is 0 Å². The molecule has 0 radical (unpaired) electrons. The normalized spacial score (nSPS) is 14.1. The van der Waals surface area contributed by atoms with Crippen LogP contribution in [0, 0.1) is 0 Å². The van der Waals surface area contributed by atoms with Gasteiger partial charge in [-0.2, -0.15) is 0 Å². The first-order chi connectivity index (χ1) is 39.4. The molecule has 470 valence electrons. The van der Waals surface area contributed by atoms with Crippen molar-refractivity contribution in [2.45, 2.75) is 315 Å². The van der Waals surface area contributed by atoms with Crippen molar-refractivity contribution in [2.75, 3.05) is 40.9 Å². The van der Waals surface area contributed by atoms with Crippen LogP contribution in [0.15, 0.2) is 85.1 Å². The van der Waals surface area contributed by atoms with Gasteiger partial charge in [0.2, 0.25) is 5.91 Å². The number of esters is 1. The molecule has 2 N–H and O–H groups in total. The fourth-order valence-corrected chi connectivity index (χ4v) is 10.3. The molecule has 1 amide bonds. The Bertz CT molecular complexity index is 1660. The molecule has 0 aliphatic rings. The van der Waals surface area contributed by atoms with Crippen molar-refractivity contribution < 1.29 is 37.3 Å². The third-order valence-electron chi connectivity index (χ3n) is 14.8. The second-order valence-electron chi connectivity index (χ2n) is 24.0. The lowest BCUT2D eigenvalue weighted by Gasteiger charge is -2.27. The minimum absolute atomic E-state index is 0.0342. The van der Waals surface area contributed by atoms with E-state index in [-0.39, 0.29) is 31.5 Å². The quantitative estimate of drug-likeness (QED) is 0.0205. The van der Waals surface area contributed by atoms with Gasteiger partial charge in [0.15, 0.2) is 0 Å². The number of hydrogen-bond acceptors (Lipinski definition) is 6. The zero-order valence-corrected chi connectivity index (χ0v) is 54.7. The highest BCUT2D eigenvalue weighted by molar-refractivity contribution is 7.47. The minimum atomic E-state index is -4.46. The van der Waals surface area contributed by atoms with E-state index in [1.54, 1.807) is 0 Å². The smallest absolute Gasteiger partial charge is 0.456 e. The van der Waals surface area contributed by atoms with Crippen molar-refractivity contribution >= 4 is 19.7 Å². The number of nitrogens with zero attached hydrogens (tertiary/aromatic N) is 1. The third kappa shape index (κ3) is 61.6. The van der Waals surface area contributed by atoms with Crippen LogP contribution in [0.1, 0.15) is 303 Å². The Labute approximate surface area is 501 Å². The highest BCUT2D eigenvalue weighted by Gasteiger charge is 2.30. The Hall–Kier alpha value is -2.81. The Morgan fingerprint density at radius 3 is 1.15 bits per heavy atom. The van der Waals surface area contributed by atoms with Gasteiger partial charge in [-0.25, -0.2) is 4.57 Å². The Morgan fingerprint density at radius 1 is 0.432 bits per heavy atom. The molecule has 0 saturated carbocycles. The van der Waals surface area contributed by atoms with Crippen LogP contribution in [0.4, 0.5) is 0 Å². The number of phosphoric acid groups is 1. The van der Waals surface area contributed by atoms with E-state index in [1.165, 1.54) is 167 Å². The van der Waals surface area contributed by atoms with Gasteiger partial charge in [0, 0.05) is 12.8 Å². The van der Waals surface area contributed by atoms with Crippen molar-refractivity contribution in [3.8, 4) is 0 Å². The van der Waals surface area contributed by atoms with Crippen molar-refractivity contribution in [3.63, 3.8) is 0 Å². The van der Waals surface area contributed by atoms with Gasteiger partial charge in [-0.1, -0.05) is 267 Å². The first-order valence-corrected chi connectivity index (χ1v) is 35.4. The second-order valence-corrected chi connectivity index (χ2v) is 25.4. The second kappa shape index (κ2) is 60.3. The van der Waals surface area contributed by atoms with Crippen LogP contribution < -0.4 is 5.32 Å². The molecule has 9 nitrogen and oxygen atoms in total. The van der Waals surface area contributed by atoms with E-state index in [1.807, 2.05) is 33.3 Å². The van der Waals surface area contributed by atoms with Crippen LogP contribution in [0.5, 0.6) is 0 Å². The van der Waals surface area contributed by atoms with Gasteiger partial charge in [-0.15, -0.1) is 0 Å². The standard InChI is InChI=1S/C71H129N2O7P/c1-7-10-13-16-19-22-25-27-29-31-33-35-36-38-39-41-43-45-48-51-54-57-60-63-70(74)72-68(67-79-81(76,77)78-66-65-73(4,5)6)69(62-59-56-53-50-47-24-21-18-15-12-9-3)80-71(75)64-61-58-55-52-49-46-44-42-40-37-34-32-30-28-26-23-20-17-14-11-8-2/h19-20,22-23,27-30,34,37,42,44,59,62,68-69H,7-18,21,24-26,31-33,35-36,38-41,43,45-58,60-61,63-67H2,1-6H3,(H-,72,74,76,77)/p+1/b22-19-,23-20-,29-27-,30-28-,37-34-,44-42-,62-59+. The fourth-order valence-electron chi connectivity index (χ4n) is 9.54. The molecular formula is C71H130N2O7P+. The predicted octanol–water partition coefficient (Wildman–Crippen LogP) is 21.3. The number of ether oxygens (including phenoxy) is 1. The van der Waals surface area contributed by atoms with Gasteiger partial charge in [0.25, 0.3) is 0 Å². The number of carbonyl (C=O) groups is 2. The number of unbranched alkanes of at least 4 members (excludes halogenated alkanes) is 33. The van der Waals surface area contributed by atoms with Crippen molar-refractivity contribution in [2.24, 2.45) is 0 Å². The molecule has 0 heterocycles. The summed E-state index contributed by atoms with van der Waals surface area (Å²) in [5.74, 6) is -0.523. The summed E-state index contributed by atoms with van der Waals surface area (Å²) in [6.45, 7) is 6.96. The van der Waals surface area contributed by atoms with Gasteiger partial charge < -0.3 is 19.4 Å². The largest absolute Gasteiger partial charge is 0.472 e. The fraction of sp³-hybridized carbons (Fsp3) is 0.775. The number of allylic oxidation sites excluding steroid dienone is 13. The van der Waals surface area contributed by atoms with E-state index in [4.69, 9.17) is 13.8 Å². The van der Waals surface area contributed by atoms with Crippen molar-refractivity contribution in [3.05, 3.63) is 85.1 Å². The summed E-state index contributed by atoms with van der Waals surface area (Å²) >= 11 is 0. The third-order valence-corrected chi connectivity index (χ3v) is 15.8. The van der Waals surface area contributed by atoms with Gasteiger partial charge in [-0.05, 0) is 109 Å².